The van der Waals surface area contributed by atoms with Crippen LogP contribution in [0.3, 0.4) is 0 Å². The number of esters is 1. The fourth-order valence-electron chi connectivity index (χ4n) is 2.54. The smallest absolute Gasteiger partial charge is 0.340 e. The van der Waals surface area contributed by atoms with Crippen molar-refractivity contribution in [3.8, 4) is 0 Å². The van der Waals surface area contributed by atoms with Gasteiger partial charge in [0.25, 0.3) is 5.91 Å². The minimum absolute atomic E-state index is 0.186. The van der Waals surface area contributed by atoms with Crippen molar-refractivity contribution in [1.29, 1.82) is 0 Å². The molecule has 1 amide bonds. The molecule has 6 nitrogen and oxygen atoms in total. The van der Waals surface area contributed by atoms with Crippen LogP contribution in [0.1, 0.15) is 23.0 Å². The van der Waals surface area contributed by atoms with Gasteiger partial charge in [-0.1, -0.05) is 12.1 Å². The molecule has 2 heterocycles. The summed E-state index contributed by atoms with van der Waals surface area (Å²) >= 11 is 3.07. The molecule has 0 aliphatic carbocycles. The number of aromatic nitrogens is 1. The van der Waals surface area contributed by atoms with E-state index in [0.29, 0.717) is 37.6 Å². The van der Waals surface area contributed by atoms with Crippen LogP contribution in [0.15, 0.2) is 40.1 Å². The zero-order valence-corrected chi connectivity index (χ0v) is 16.1. The summed E-state index contributed by atoms with van der Waals surface area (Å²) in [6.45, 7) is 3.70. The molecule has 1 saturated heterocycles. The number of ether oxygens (including phenoxy) is 2. The molecule has 0 bridgehead atoms. The number of hydrogen-bond donors (Lipinski definition) is 0. The van der Waals surface area contributed by atoms with Gasteiger partial charge >= 0.3 is 5.97 Å². The summed E-state index contributed by atoms with van der Waals surface area (Å²) in [5, 5.41) is 1.98. The predicted molar refractivity (Wildman–Crippen MR) is 100 cm³/mol. The number of thioether (sulfide) groups is 1. The van der Waals surface area contributed by atoms with Crippen LogP contribution in [0, 0.1) is 0 Å². The Morgan fingerprint density at radius 2 is 2.12 bits per heavy atom. The van der Waals surface area contributed by atoms with Gasteiger partial charge in [-0.25, -0.2) is 9.78 Å². The fraction of sp³-hybridized carbons (Fsp3) is 0.389. The molecule has 1 aromatic heterocycles. The molecule has 1 aromatic carbocycles. The number of benzene rings is 1. The number of morpholine rings is 1. The van der Waals surface area contributed by atoms with E-state index in [9.17, 15) is 9.59 Å². The van der Waals surface area contributed by atoms with Gasteiger partial charge in [-0.05, 0) is 19.1 Å². The van der Waals surface area contributed by atoms with E-state index in [0.717, 1.165) is 10.6 Å². The first-order valence-electron chi connectivity index (χ1n) is 8.31. The first-order chi connectivity index (χ1) is 12.6. The molecule has 1 unspecified atom stereocenters. The molecular weight excluding hydrogens is 372 g/mol. The number of carbonyl (C=O) groups excluding carboxylic acids is 2. The van der Waals surface area contributed by atoms with Gasteiger partial charge in [0.1, 0.15) is 0 Å². The summed E-state index contributed by atoms with van der Waals surface area (Å²) in [7, 11) is 0. The van der Waals surface area contributed by atoms with Gasteiger partial charge in [0.15, 0.2) is 6.10 Å². The van der Waals surface area contributed by atoms with E-state index in [2.05, 4.69) is 4.98 Å². The second kappa shape index (κ2) is 9.16. The summed E-state index contributed by atoms with van der Waals surface area (Å²) in [4.78, 5) is 31.7. The molecule has 0 radical (unpaired) electrons. The Bertz CT molecular complexity index is 745. The van der Waals surface area contributed by atoms with Crippen LogP contribution in [-0.4, -0.2) is 54.2 Å². The van der Waals surface area contributed by atoms with Crippen molar-refractivity contribution in [2.75, 3.05) is 26.3 Å². The Kier molecular flexibility index (Phi) is 6.65. The molecule has 1 aliphatic rings. The molecule has 3 rings (SSSR count). The maximum Gasteiger partial charge on any atom is 0.340 e. The normalized spacial score (nSPS) is 15.5. The van der Waals surface area contributed by atoms with E-state index in [1.165, 1.54) is 11.8 Å². The van der Waals surface area contributed by atoms with Gasteiger partial charge in [-0.2, -0.15) is 0 Å². The van der Waals surface area contributed by atoms with Crippen LogP contribution in [0.4, 0.5) is 0 Å². The predicted octanol–water partition coefficient (Wildman–Crippen LogP) is 2.84. The molecule has 0 saturated carbocycles. The lowest BCUT2D eigenvalue weighted by Crippen LogP contribution is -2.46. The average Bonchev–Trinajstić information content (AvgIpc) is 3.20. The number of nitrogens with zero attached hydrogens (tertiary/aromatic N) is 2. The lowest BCUT2D eigenvalue weighted by Gasteiger charge is -2.29. The second-order valence-corrected chi connectivity index (χ2v) is 7.49. The number of hydrogen-bond acceptors (Lipinski definition) is 7. The van der Waals surface area contributed by atoms with Crippen LogP contribution in [0.25, 0.3) is 0 Å². The number of carbonyl (C=O) groups is 2. The van der Waals surface area contributed by atoms with Crippen molar-refractivity contribution in [3.05, 3.63) is 46.4 Å². The third-order valence-electron chi connectivity index (χ3n) is 3.92. The Balaban J connectivity index is 1.62. The largest absolute Gasteiger partial charge is 0.449 e. The highest BCUT2D eigenvalue weighted by Crippen LogP contribution is 2.27. The molecule has 1 atom stereocenters. The van der Waals surface area contributed by atoms with Crippen LogP contribution in [0.2, 0.25) is 0 Å². The SMILES string of the molecule is CC(OC(=O)c1ccccc1SCc1cscn1)C(=O)N1CCOCC1. The average molecular weight is 393 g/mol. The summed E-state index contributed by atoms with van der Waals surface area (Å²) in [6.07, 6.45) is -0.822. The van der Waals surface area contributed by atoms with Gasteiger partial charge in [-0.3, -0.25) is 4.79 Å². The molecule has 0 spiro atoms. The van der Waals surface area contributed by atoms with Crippen molar-refractivity contribution < 1.29 is 19.1 Å². The standard InChI is InChI=1S/C18H20N2O4S2/c1-13(17(21)20-6-8-23-9-7-20)24-18(22)15-4-2-3-5-16(15)26-11-14-10-25-12-19-14/h2-5,10,12-13H,6-9,11H2,1H3. The van der Waals surface area contributed by atoms with Gasteiger partial charge < -0.3 is 14.4 Å². The zero-order valence-electron chi connectivity index (χ0n) is 14.4. The lowest BCUT2D eigenvalue weighted by atomic mass is 10.2. The molecular formula is C18H20N2O4S2. The highest BCUT2D eigenvalue weighted by molar-refractivity contribution is 7.98. The summed E-state index contributed by atoms with van der Waals surface area (Å²) in [5.41, 5.74) is 3.23. The minimum atomic E-state index is -0.822. The molecule has 1 fully saturated rings. The van der Waals surface area contributed by atoms with Gasteiger partial charge in [0.05, 0.1) is 30.0 Å². The molecule has 0 N–H and O–H groups in total. The highest BCUT2D eigenvalue weighted by atomic mass is 32.2. The van der Waals surface area contributed by atoms with E-state index in [4.69, 9.17) is 9.47 Å². The van der Waals surface area contributed by atoms with Gasteiger partial charge in [0, 0.05) is 29.1 Å². The first kappa shape index (κ1) is 18.9. The van der Waals surface area contributed by atoms with Crippen molar-refractivity contribution in [3.63, 3.8) is 0 Å². The van der Waals surface area contributed by atoms with Crippen molar-refractivity contribution in [2.24, 2.45) is 0 Å². The maximum absolute atomic E-state index is 12.6. The molecule has 2 aromatic rings. The Labute approximate surface area is 160 Å². The van der Waals surface area contributed by atoms with E-state index >= 15 is 0 Å². The van der Waals surface area contributed by atoms with Gasteiger partial charge in [-0.15, -0.1) is 23.1 Å². The highest BCUT2D eigenvalue weighted by Gasteiger charge is 2.26. The monoisotopic (exact) mass is 392 g/mol. The maximum atomic E-state index is 12.6. The second-order valence-electron chi connectivity index (χ2n) is 5.75. The number of thiazole rings is 1. The third-order valence-corrected chi connectivity index (χ3v) is 5.66. The fourth-order valence-corrected chi connectivity index (χ4v) is 4.14. The van der Waals surface area contributed by atoms with E-state index in [1.54, 1.807) is 40.8 Å². The quantitative estimate of drug-likeness (QED) is 0.556. The van der Waals surface area contributed by atoms with Crippen LogP contribution in [0.5, 0.6) is 0 Å². The topological polar surface area (TPSA) is 68.7 Å². The first-order valence-corrected chi connectivity index (χ1v) is 10.2. The Morgan fingerprint density at radius 1 is 1.35 bits per heavy atom. The summed E-state index contributed by atoms with van der Waals surface area (Å²) in [6, 6.07) is 7.26. The van der Waals surface area contributed by atoms with Crippen LogP contribution < -0.4 is 0 Å². The summed E-state index contributed by atoms with van der Waals surface area (Å²) < 4.78 is 10.7. The Hall–Kier alpha value is -1.90. The zero-order chi connectivity index (χ0) is 18.4. The van der Waals surface area contributed by atoms with Crippen molar-refractivity contribution in [2.45, 2.75) is 23.7 Å². The van der Waals surface area contributed by atoms with Gasteiger partial charge in [0.2, 0.25) is 0 Å². The van der Waals surface area contributed by atoms with Crippen molar-refractivity contribution in [1.82, 2.24) is 9.88 Å². The van der Waals surface area contributed by atoms with Crippen LogP contribution >= 0.6 is 23.1 Å². The third kappa shape index (κ3) is 4.84. The molecule has 1 aliphatic heterocycles. The molecule has 8 heteroatoms. The van der Waals surface area contributed by atoms with E-state index < -0.39 is 12.1 Å². The number of amides is 1. The molecule has 138 valence electrons. The number of rotatable bonds is 6. The van der Waals surface area contributed by atoms with Crippen LogP contribution in [-0.2, 0) is 20.0 Å². The Morgan fingerprint density at radius 3 is 2.85 bits per heavy atom. The minimum Gasteiger partial charge on any atom is -0.449 e. The van der Waals surface area contributed by atoms with E-state index in [-0.39, 0.29) is 5.91 Å². The molecule has 26 heavy (non-hydrogen) atoms. The van der Waals surface area contributed by atoms with E-state index in [1.807, 2.05) is 17.5 Å². The summed E-state index contributed by atoms with van der Waals surface area (Å²) in [5.74, 6) is 0.00511. The van der Waals surface area contributed by atoms with Crippen molar-refractivity contribution >= 4 is 35.0 Å². The lowest BCUT2D eigenvalue weighted by molar-refractivity contribution is -0.143.